The molecule has 4 nitrogen and oxygen atoms in total. The van der Waals surface area contributed by atoms with Gasteiger partial charge in [0.25, 0.3) is 0 Å². The zero-order valence-corrected chi connectivity index (χ0v) is 36.6. The molecule has 0 aromatic carbocycles. The first kappa shape index (κ1) is 52.4. The molecule has 0 saturated carbocycles. The predicted molar refractivity (Wildman–Crippen MR) is 235 cm³/mol. The van der Waals surface area contributed by atoms with Gasteiger partial charge in [0.05, 0.1) is 18.8 Å². The number of rotatable bonds is 46. The molecule has 318 valence electrons. The second-order valence-corrected chi connectivity index (χ2v) is 17.3. The Labute approximate surface area is 334 Å². The highest BCUT2D eigenvalue weighted by atomic mass is 16.3. The van der Waals surface area contributed by atoms with Crippen molar-refractivity contribution in [3.63, 3.8) is 0 Å². The van der Waals surface area contributed by atoms with E-state index in [9.17, 15) is 15.0 Å². The third kappa shape index (κ3) is 42.4. The van der Waals surface area contributed by atoms with Crippen LogP contribution in [-0.4, -0.2) is 34.9 Å². The Kier molecular flexibility index (Phi) is 45.3. The van der Waals surface area contributed by atoms with Gasteiger partial charge in [-0.15, -0.1) is 0 Å². The maximum absolute atomic E-state index is 12.3. The lowest BCUT2D eigenvalue weighted by atomic mass is 10.0. The highest BCUT2D eigenvalue weighted by molar-refractivity contribution is 5.76. The zero-order chi connectivity index (χ0) is 38.6. The fourth-order valence-electron chi connectivity index (χ4n) is 8.07. The van der Waals surface area contributed by atoms with Crippen molar-refractivity contribution in [1.29, 1.82) is 0 Å². The molecule has 53 heavy (non-hydrogen) atoms. The van der Waals surface area contributed by atoms with Crippen LogP contribution in [0.4, 0.5) is 0 Å². The van der Waals surface area contributed by atoms with Crippen molar-refractivity contribution in [2.24, 2.45) is 0 Å². The normalized spacial score (nSPS) is 12.8. The van der Waals surface area contributed by atoms with Crippen molar-refractivity contribution in [2.45, 2.75) is 302 Å². The predicted octanol–water partition coefficient (Wildman–Crippen LogP) is 15.6. The molecule has 0 fully saturated rings. The van der Waals surface area contributed by atoms with E-state index in [2.05, 4.69) is 19.2 Å². The van der Waals surface area contributed by atoms with Gasteiger partial charge in [0, 0.05) is 6.42 Å². The van der Waals surface area contributed by atoms with Gasteiger partial charge >= 0.3 is 0 Å². The summed E-state index contributed by atoms with van der Waals surface area (Å²) >= 11 is 0. The lowest BCUT2D eigenvalue weighted by Crippen LogP contribution is -2.45. The Hall–Kier alpha value is -0.610. The van der Waals surface area contributed by atoms with Crippen LogP contribution in [0.2, 0.25) is 0 Å². The van der Waals surface area contributed by atoms with Crippen molar-refractivity contribution in [3.05, 3.63) is 0 Å². The molecule has 0 heterocycles. The third-order valence-electron chi connectivity index (χ3n) is 11.9. The number of amides is 1. The maximum Gasteiger partial charge on any atom is 0.220 e. The van der Waals surface area contributed by atoms with E-state index in [1.54, 1.807) is 0 Å². The zero-order valence-electron chi connectivity index (χ0n) is 36.6. The van der Waals surface area contributed by atoms with Gasteiger partial charge in [0.15, 0.2) is 0 Å². The van der Waals surface area contributed by atoms with Gasteiger partial charge in [-0.25, -0.2) is 0 Å². The molecule has 0 radical (unpaired) electrons. The van der Waals surface area contributed by atoms with Crippen molar-refractivity contribution in [1.82, 2.24) is 5.32 Å². The Morgan fingerprint density at radius 3 is 0.849 bits per heavy atom. The van der Waals surface area contributed by atoms with E-state index in [-0.39, 0.29) is 12.5 Å². The third-order valence-corrected chi connectivity index (χ3v) is 11.9. The molecule has 2 atom stereocenters. The number of aliphatic hydroxyl groups is 2. The number of carbonyl (C=O) groups excluding carboxylic acids is 1. The number of nitrogens with one attached hydrogen (secondary N) is 1. The average Bonchev–Trinajstić information content (AvgIpc) is 3.16. The average molecular weight is 750 g/mol. The minimum atomic E-state index is -0.650. The summed E-state index contributed by atoms with van der Waals surface area (Å²) in [6.45, 7) is 4.30. The Balaban J connectivity index is 3.24. The number of aliphatic hydroxyl groups excluding tert-OH is 2. The molecule has 0 aromatic heterocycles. The summed E-state index contributed by atoms with van der Waals surface area (Å²) in [6, 6.07) is -0.526. The Morgan fingerprint density at radius 2 is 0.604 bits per heavy atom. The van der Waals surface area contributed by atoms with E-state index in [1.165, 1.54) is 238 Å². The molecule has 0 aliphatic rings. The van der Waals surface area contributed by atoms with Crippen LogP contribution in [0, 0.1) is 0 Å². The number of carbonyl (C=O) groups is 1. The molecule has 0 saturated heterocycles. The lowest BCUT2D eigenvalue weighted by molar-refractivity contribution is -0.123. The topological polar surface area (TPSA) is 69.6 Å². The first-order valence-corrected chi connectivity index (χ1v) is 24.7. The first-order chi connectivity index (χ1) is 26.2. The number of hydrogen-bond acceptors (Lipinski definition) is 3. The fraction of sp³-hybridized carbons (Fsp3) is 0.980. The quantitative estimate of drug-likeness (QED) is 0.0543. The summed E-state index contributed by atoms with van der Waals surface area (Å²) in [6.07, 6.45) is 57.0. The van der Waals surface area contributed by atoms with Gasteiger partial charge in [0.2, 0.25) is 5.91 Å². The summed E-state index contributed by atoms with van der Waals surface area (Å²) < 4.78 is 0. The Bertz CT molecular complexity index is 685. The summed E-state index contributed by atoms with van der Waals surface area (Å²) in [5.41, 5.74) is 0. The monoisotopic (exact) mass is 750 g/mol. The second-order valence-electron chi connectivity index (χ2n) is 17.3. The summed E-state index contributed by atoms with van der Waals surface area (Å²) in [7, 11) is 0. The highest BCUT2D eigenvalue weighted by Crippen LogP contribution is 2.18. The molecule has 0 aliphatic heterocycles. The van der Waals surface area contributed by atoms with E-state index in [1.807, 2.05) is 0 Å². The number of unbranched alkanes of at least 4 members (excludes halogenated alkanes) is 39. The Morgan fingerprint density at radius 1 is 0.377 bits per heavy atom. The molecule has 0 rings (SSSR count). The highest BCUT2D eigenvalue weighted by Gasteiger charge is 2.20. The van der Waals surface area contributed by atoms with Crippen LogP contribution >= 0.6 is 0 Å². The van der Waals surface area contributed by atoms with Crippen LogP contribution in [0.25, 0.3) is 0 Å². The molecule has 2 unspecified atom stereocenters. The van der Waals surface area contributed by atoms with E-state index >= 15 is 0 Å². The lowest BCUT2D eigenvalue weighted by Gasteiger charge is -2.22. The van der Waals surface area contributed by atoms with Gasteiger partial charge in [0.1, 0.15) is 0 Å². The van der Waals surface area contributed by atoms with Crippen molar-refractivity contribution in [2.75, 3.05) is 6.61 Å². The van der Waals surface area contributed by atoms with Crippen LogP contribution < -0.4 is 5.32 Å². The van der Waals surface area contributed by atoms with Crippen molar-refractivity contribution in [3.8, 4) is 0 Å². The first-order valence-electron chi connectivity index (χ1n) is 24.7. The fourth-order valence-corrected chi connectivity index (χ4v) is 8.07. The molecular weight excluding hydrogens is 651 g/mol. The minimum absolute atomic E-state index is 0.0322. The summed E-state index contributed by atoms with van der Waals surface area (Å²) in [5.74, 6) is -0.0322. The maximum atomic E-state index is 12.3. The van der Waals surface area contributed by atoms with Crippen LogP contribution in [0.5, 0.6) is 0 Å². The van der Waals surface area contributed by atoms with Gasteiger partial charge < -0.3 is 15.5 Å². The van der Waals surface area contributed by atoms with E-state index in [0.29, 0.717) is 12.8 Å². The molecule has 3 N–H and O–H groups in total. The minimum Gasteiger partial charge on any atom is -0.394 e. The SMILES string of the molecule is CCCCCCCCCCCCCCCCCCCCCCCCCCCCCCCCCCCCCCC(=O)NC(CO)C(O)CCCCCCC. The molecule has 0 spiro atoms. The van der Waals surface area contributed by atoms with Gasteiger partial charge in [-0.2, -0.15) is 0 Å². The molecule has 0 aromatic rings. The van der Waals surface area contributed by atoms with Gasteiger partial charge in [-0.05, 0) is 12.8 Å². The molecular formula is C49H99NO3. The summed E-state index contributed by atoms with van der Waals surface area (Å²) in [4.78, 5) is 12.3. The van der Waals surface area contributed by atoms with Crippen LogP contribution in [0.15, 0.2) is 0 Å². The van der Waals surface area contributed by atoms with Crippen LogP contribution in [0.3, 0.4) is 0 Å². The standard InChI is InChI=1S/C49H99NO3/c1-3-5-7-9-10-11-12-13-14-15-16-17-18-19-20-21-22-23-24-25-26-27-28-29-30-31-32-33-34-35-36-37-38-39-41-43-45-49(53)50-47(46-51)48(52)44-42-40-8-6-4-2/h47-48,51-52H,3-46H2,1-2H3,(H,50,53). The van der Waals surface area contributed by atoms with Gasteiger partial charge in [-0.1, -0.05) is 271 Å². The van der Waals surface area contributed by atoms with E-state index < -0.39 is 12.1 Å². The van der Waals surface area contributed by atoms with E-state index in [0.717, 1.165) is 25.7 Å². The number of hydrogen-bond donors (Lipinski definition) is 3. The van der Waals surface area contributed by atoms with Gasteiger partial charge in [-0.3, -0.25) is 4.79 Å². The molecule has 0 aliphatic carbocycles. The second kappa shape index (κ2) is 45.8. The van der Waals surface area contributed by atoms with Crippen molar-refractivity contribution < 1.29 is 15.0 Å². The molecule has 4 heteroatoms. The van der Waals surface area contributed by atoms with Crippen LogP contribution in [0.1, 0.15) is 290 Å². The smallest absolute Gasteiger partial charge is 0.220 e. The molecule has 0 bridgehead atoms. The van der Waals surface area contributed by atoms with Crippen LogP contribution in [-0.2, 0) is 4.79 Å². The summed E-state index contributed by atoms with van der Waals surface area (Å²) in [5, 5.41) is 22.8. The van der Waals surface area contributed by atoms with E-state index in [4.69, 9.17) is 0 Å². The molecule has 1 amide bonds. The largest absolute Gasteiger partial charge is 0.394 e. The van der Waals surface area contributed by atoms with Crippen molar-refractivity contribution >= 4 is 5.91 Å².